The van der Waals surface area contributed by atoms with Crippen molar-refractivity contribution in [2.45, 2.75) is 32.0 Å². The zero-order chi connectivity index (χ0) is 15.1. The SMILES string of the molecule is CCNC(=NCC(O)c1ccc(Cl)s1)NCC1CCCO1.I. The highest BCUT2D eigenvalue weighted by atomic mass is 127. The summed E-state index contributed by atoms with van der Waals surface area (Å²) in [6.45, 7) is 4.68. The van der Waals surface area contributed by atoms with Crippen molar-refractivity contribution in [2.75, 3.05) is 26.2 Å². The Morgan fingerprint density at radius 1 is 1.55 bits per heavy atom. The van der Waals surface area contributed by atoms with Crippen molar-refractivity contribution in [3.63, 3.8) is 0 Å². The van der Waals surface area contributed by atoms with Gasteiger partial charge in [-0.25, -0.2) is 0 Å². The number of rotatable bonds is 6. The molecule has 0 bridgehead atoms. The summed E-state index contributed by atoms with van der Waals surface area (Å²) in [7, 11) is 0. The maximum absolute atomic E-state index is 10.1. The van der Waals surface area contributed by atoms with E-state index in [2.05, 4.69) is 15.6 Å². The van der Waals surface area contributed by atoms with Crippen LogP contribution in [0.3, 0.4) is 0 Å². The van der Waals surface area contributed by atoms with E-state index in [4.69, 9.17) is 16.3 Å². The van der Waals surface area contributed by atoms with Crippen LogP contribution in [0.1, 0.15) is 30.7 Å². The van der Waals surface area contributed by atoms with Crippen molar-refractivity contribution in [1.29, 1.82) is 0 Å². The number of guanidine groups is 1. The van der Waals surface area contributed by atoms with Crippen LogP contribution in [0.4, 0.5) is 0 Å². The van der Waals surface area contributed by atoms with Gasteiger partial charge in [0, 0.05) is 24.6 Å². The van der Waals surface area contributed by atoms with E-state index in [0.717, 1.165) is 37.4 Å². The fourth-order valence-electron chi connectivity index (χ4n) is 2.13. The molecule has 0 aliphatic carbocycles. The Bertz CT molecular complexity index is 467. The van der Waals surface area contributed by atoms with Gasteiger partial charge in [-0.1, -0.05) is 11.6 Å². The Labute approximate surface area is 157 Å². The third-order valence-electron chi connectivity index (χ3n) is 3.21. The third kappa shape index (κ3) is 6.57. The molecule has 0 saturated carbocycles. The zero-order valence-corrected chi connectivity index (χ0v) is 16.5. The minimum Gasteiger partial charge on any atom is -0.386 e. The molecular formula is C14H23ClIN3O2S. The highest BCUT2D eigenvalue weighted by Gasteiger charge is 2.16. The van der Waals surface area contributed by atoms with E-state index in [-0.39, 0.29) is 30.1 Å². The molecular weight excluding hydrogens is 437 g/mol. The lowest BCUT2D eigenvalue weighted by molar-refractivity contribution is 0.113. The molecule has 5 nitrogen and oxygen atoms in total. The predicted octanol–water partition coefficient (Wildman–Crippen LogP) is 2.79. The van der Waals surface area contributed by atoms with Crippen molar-refractivity contribution in [1.82, 2.24) is 10.6 Å². The Morgan fingerprint density at radius 3 is 2.95 bits per heavy atom. The van der Waals surface area contributed by atoms with Crippen LogP contribution in [-0.2, 0) is 4.74 Å². The number of nitrogens with one attached hydrogen (secondary N) is 2. The van der Waals surface area contributed by atoms with E-state index in [9.17, 15) is 5.11 Å². The number of aliphatic imine (C=N–C) groups is 1. The Kier molecular flexibility index (Phi) is 9.65. The number of hydrogen-bond donors (Lipinski definition) is 3. The second-order valence-electron chi connectivity index (χ2n) is 4.89. The second-order valence-corrected chi connectivity index (χ2v) is 6.64. The van der Waals surface area contributed by atoms with Crippen LogP contribution in [0.2, 0.25) is 4.34 Å². The van der Waals surface area contributed by atoms with Crippen LogP contribution in [0, 0.1) is 0 Å². The minimum atomic E-state index is -0.624. The van der Waals surface area contributed by atoms with E-state index in [1.54, 1.807) is 6.07 Å². The molecule has 2 heterocycles. The van der Waals surface area contributed by atoms with Crippen LogP contribution in [0.15, 0.2) is 17.1 Å². The average molecular weight is 460 g/mol. The summed E-state index contributed by atoms with van der Waals surface area (Å²) in [5.41, 5.74) is 0. The number of nitrogens with zero attached hydrogens (tertiary/aromatic N) is 1. The number of thiophene rings is 1. The number of ether oxygens (including phenoxy) is 1. The van der Waals surface area contributed by atoms with Gasteiger partial charge in [-0.2, -0.15) is 0 Å². The Hall–Kier alpha value is -0.0900. The molecule has 1 aliphatic rings. The molecule has 0 radical (unpaired) electrons. The highest BCUT2D eigenvalue weighted by molar-refractivity contribution is 14.0. The average Bonchev–Trinajstić information content (AvgIpc) is 3.13. The summed E-state index contributed by atoms with van der Waals surface area (Å²) in [5.74, 6) is 0.703. The van der Waals surface area contributed by atoms with E-state index < -0.39 is 6.10 Å². The summed E-state index contributed by atoms with van der Waals surface area (Å²) in [4.78, 5) is 5.24. The first kappa shape index (κ1) is 20.0. The van der Waals surface area contributed by atoms with Gasteiger partial charge in [0.05, 0.1) is 17.0 Å². The molecule has 2 unspecified atom stereocenters. The molecule has 22 heavy (non-hydrogen) atoms. The molecule has 1 aliphatic heterocycles. The third-order valence-corrected chi connectivity index (χ3v) is 4.54. The number of aliphatic hydroxyl groups excluding tert-OH is 1. The van der Waals surface area contributed by atoms with Gasteiger partial charge in [0.25, 0.3) is 0 Å². The van der Waals surface area contributed by atoms with Gasteiger partial charge in [-0.05, 0) is 31.9 Å². The number of hydrogen-bond acceptors (Lipinski definition) is 4. The summed E-state index contributed by atoms with van der Waals surface area (Å²) in [5, 5.41) is 16.5. The van der Waals surface area contributed by atoms with Crippen molar-refractivity contribution >= 4 is 52.9 Å². The van der Waals surface area contributed by atoms with E-state index in [1.807, 2.05) is 13.0 Å². The molecule has 1 fully saturated rings. The Morgan fingerprint density at radius 2 is 2.36 bits per heavy atom. The lowest BCUT2D eigenvalue weighted by Gasteiger charge is -2.15. The molecule has 8 heteroatoms. The molecule has 3 N–H and O–H groups in total. The van der Waals surface area contributed by atoms with E-state index >= 15 is 0 Å². The highest BCUT2D eigenvalue weighted by Crippen LogP contribution is 2.26. The topological polar surface area (TPSA) is 65.9 Å². The molecule has 0 amide bonds. The molecule has 0 spiro atoms. The van der Waals surface area contributed by atoms with Crippen LogP contribution >= 0.6 is 46.9 Å². The van der Waals surface area contributed by atoms with Crippen molar-refractivity contribution in [3.05, 3.63) is 21.3 Å². The first-order valence-electron chi connectivity index (χ1n) is 7.26. The van der Waals surface area contributed by atoms with Crippen LogP contribution in [-0.4, -0.2) is 43.4 Å². The summed E-state index contributed by atoms with van der Waals surface area (Å²) >= 11 is 7.25. The summed E-state index contributed by atoms with van der Waals surface area (Å²) in [6, 6.07) is 3.62. The van der Waals surface area contributed by atoms with Crippen molar-refractivity contribution < 1.29 is 9.84 Å². The molecule has 1 aromatic rings. The summed E-state index contributed by atoms with van der Waals surface area (Å²) < 4.78 is 6.25. The largest absolute Gasteiger partial charge is 0.386 e. The fraction of sp³-hybridized carbons (Fsp3) is 0.643. The molecule has 1 aromatic heterocycles. The van der Waals surface area contributed by atoms with Gasteiger partial charge < -0.3 is 20.5 Å². The van der Waals surface area contributed by atoms with Gasteiger partial charge >= 0.3 is 0 Å². The maximum atomic E-state index is 10.1. The van der Waals surface area contributed by atoms with Crippen LogP contribution < -0.4 is 10.6 Å². The lowest BCUT2D eigenvalue weighted by atomic mass is 10.2. The molecule has 2 rings (SSSR count). The van der Waals surface area contributed by atoms with Crippen LogP contribution in [0.5, 0.6) is 0 Å². The van der Waals surface area contributed by atoms with E-state index in [1.165, 1.54) is 11.3 Å². The monoisotopic (exact) mass is 459 g/mol. The number of aliphatic hydroxyl groups is 1. The first-order valence-corrected chi connectivity index (χ1v) is 8.45. The van der Waals surface area contributed by atoms with Gasteiger partial charge in [-0.15, -0.1) is 35.3 Å². The quantitative estimate of drug-likeness (QED) is 0.348. The summed E-state index contributed by atoms with van der Waals surface area (Å²) in [6.07, 6.45) is 1.84. The normalized spacial score (nSPS) is 19.6. The smallest absolute Gasteiger partial charge is 0.191 e. The fourth-order valence-corrected chi connectivity index (χ4v) is 3.17. The maximum Gasteiger partial charge on any atom is 0.191 e. The van der Waals surface area contributed by atoms with Gasteiger partial charge in [0.1, 0.15) is 6.10 Å². The van der Waals surface area contributed by atoms with Gasteiger partial charge in [-0.3, -0.25) is 4.99 Å². The molecule has 126 valence electrons. The minimum absolute atomic E-state index is 0. The second kappa shape index (κ2) is 10.6. The number of halogens is 2. The molecule has 2 atom stereocenters. The predicted molar refractivity (Wildman–Crippen MR) is 103 cm³/mol. The Balaban J connectivity index is 0.00000242. The van der Waals surface area contributed by atoms with Gasteiger partial charge in [0.15, 0.2) is 5.96 Å². The van der Waals surface area contributed by atoms with E-state index in [0.29, 0.717) is 16.8 Å². The first-order chi connectivity index (χ1) is 10.2. The van der Waals surface area contributed by atoms with Crippen LogP contribution in [0.25, 0.3) is 0 Å². The van der Waals surface area contributed by atoms with Crippen molar-refractivity contribution in [2.24, 2.45) is 4.99 Å². The molecule has 1 saturated heterocycles. The van der Waals surface area contributed by atoms with Gasteiger partial charge in [0.2, 0.25) is 0 Å². The zero-order valence-electron chi connectivity index (χ0n) is 12.5. The van der Waals surface area contributed by atoms with Crippen molar-refractivity contribution in [3.8, 4) is 0 Å². The lowest BCUT2D eigenvalue weighted by Crippen LogP contribution is -2.41. The molecule has 0 aromatic carbocycles. The standard InChI is InChI=1S/C14H22ClN3O2S.HI/c1-2-16-14(17-8-10-4-3-7-20-10)18-9-11(19)12-5-6-13(15)21-12;/h5-6,10-11,19H,2-4,7-9H2,1H3,(H2,16,17,18);1H.